The average molecular weight is 603 g/mol. The zero-order valence-electron chi connectivity index (χ0n) is 22.8. The van der Waals surface area contributed by atoms with E-state index in [4.69, 9.17) is 0 Å². The molecule has 0 radical (unpaired) electrons. The van der Waals surface area contributed by atoms with Gasteiger partial charge < -0.3 is 26.2 Å². The lowest BCUT2D eigenvalue weighted by Crippen LogP contribution is -2.29. The number of nitrogens with one attached hydrogen (secondary N) is 5. The van der Waals surface area contributed by atoms with Crippen LogP contribution < -0.4 is 26.0 Å². The Morgan fingerprint density at radius 2 is 1.95 bits per heavy atom. The van der Waals surface area contributed by atoms with Crippen molar-refractivity contribution in [1.82, 2.24) is 24.9 Å². The van der Waals surface area contributed by atoms with E-state index < -0.39 is 27.8 Å². The summed E-state index contributed by atoms with van der Waals surface area (Å²) >= 11 is 0. The highest BCUT2D eigenvalue weighted by atomic mass is 32.2. The summed E-state index contributed by atoms with van der Waals surface area (Å²) < 4.78 is 68.2. The molecule has 0 saturated heterocycles. The summed E-state index contributed by atoms with van der Waals surface area (Å²) in [5, 5.41) is 11.0. The lowest BCUT2D eigenvalue weighted by atomic mass is 10.1. The van der Waals surface area contributed by atoms with E-state index >= 15 is 0 Å². The van der Waals surface area contributed by atoms with Crippen molar-refractivity contribution in [1.29, 1.82) is 0 Å². The first-order valence-corrected chi connectivity index (χ1v) is 14.3. The highest BCUT2D eigenvalue weighted by Crippen LogP contribution is 2.34. The number of fused-ring (bicyclic) bond motifs is 4. The number of sulfonamides is 1. The molecule has 0 aliphatic carbocycles. The van der Waals surface area contributed by atoms with Crippen LogP contribution in [-0.4, -0.2) is 63.0 Å². The topological polar surface area (TPSA) is 140 Å². The van der Waals surface area contributed by atoms with Crippen LogP contribution in [0.5, 0.6) is 0 Å². The Morgan fingerprint density at radius 1 is 1.14 bits per heavy atom. The molecule has 4 bridgehead atoms. The zero-order chi connectivity index (χ0) is 30.3. The second kappa shape index (κ2) is 13.1. The van der Waals surface area contributed by atoms with Crippen LogP contribution in [0.4, 0.5) is 41.1 Å². The van der Waals surface area contributed by atoms with Crippen molar-refractivity contribution in [3.8, 4) is 11.8 Å². The number of carbonyl (C=O) groups excluding carboxylic acids is 1. The molecule has 0 unspecified atom stereocenters. The summed E-state index contributed by atoms with van der Waals surface area (Å²) in [7, 11) is -0.335. The number of halogens is 3. The minimum absolute atomic E-state index is 0.00458. The quantitative estimate of drug-likeness (QED) is 0.286. The number of aromatic nitrogens is 2. The number of rotatable bonds is 4. The van der Waals surface area contributed by atoms with Gasteiger partial charge in [-0.1, -0.05) is 24.0 Å². The Kier molecular flexibility index (Phi) is 9.51. The van der Waals surface area contributed by atoms with Crippen LogP contribution in [0.25, 0.3) is 0 Å². The summed E-state index contributed by atoms with van der Waals surface area (Å²) in [5.74, 6) is 6.27. The number of alkyl halides is 3. The maximum Gasteiger partial charge on any atom is 0.416 e. The van der Waals surface area contributed by atoms with Crippen molar-refractivity contribution >= 4 is 39.2 Å². The van der Waals surface area contributed by atoms with Gasteiger partial charge in [-0.3, -0.25) is 0 Å². The van der Waals surface area contributed by atoms with Crippen LogP contribution in [0.3, 0.4) is 0 Å². The van der Waals surface area contributed by atoms with Crippen molar-refractivity contribution < 1.29 is 26.4 Å². The number of carbonyl (C=O) groups is 1. The molecular formula is C27H29F3N8O3S. The van der Waals surface area contributed by atoms with Crippen LogP contribution in [0.15, 0.2) is 53.6 Å². The molecule has 0 fully saturated rings. The number of benzene rings is 2. The summed E-state index contributed by atoms with van der Waals surface area (Å²) in [5.41, 5.74) is 0.179. The fourth-order valence-corrected chi connectivity index (χ4v) is 5.08. The van der Waals surface area contributed by atoms with Gasteiger partial charge >= 0.3 is 12.2 Å². The number of hydrogen-bond donors (Lipinski definition) is 5. The van der Waals surface area contributed by atoms with Crippen molar-refractivity contribution in [3.63, 3.8) is 0 Å². The number of urea groups is 1. The van der Waals surface area contributed by atoms with Gasteiger partial charge in [0.05, 0.1) is 28.8 Å². The Balaban J connectivity index is 1.42. The van der Waals surface area contributed by atoms with E-state index in [2.05, 4.69) is 47.8 Å². The molecule has 4 rings (SSSR count). The third kappa shape index (κ3) is 8.32. The minimum atomic E-state index is -4.57. The van der Waals surface area contributed by atoms with Crippen LogP contribution in [0.1, 0.15) is 23.1 Å². The molecule has 2 heterocycles. The monoisotopic (exact) mass is 602 g/mol. The smallest absolute Gasteiger partial charge is 0.369 e. The van der Waals surface area contributed by atoms with Gasteiger partial charge in [-0.15, -0.1) is 0 Å². The van der Waals surface area contributed by atoms with Crippen molar-refractivity contribution in [2.24, 2.45) is 0 Å². The number of nitrogens with zero attached hydrogens (tertiary/aromatic N) is 3. The van der Waals surface area contributed by atoms with Gasteiger partial charge in [-0.05, 0) is 56.4 Å². The molecule has 0 atom stereocenters. The molecule has 1 aliphatic heterocycles. The second-order valence-corrected chi connectivity index (χ2v) is 11.3. The van der Waals surface area contributed by atoms with E-state index in [1.807, 2.05) is 0 Å². The molecule has 42 heavy (non-hydrogen) atoms. The molecule has 5 N–H and O–H groups in total. The first-order valence-electron chi connectivity index (χ1n) is 12.8. The van der Waals surface area contributed by atoms with E-state index in [-0.39, 0.29) is 41.7 Å². The lowest BCUT2D eigenvalue weighted by Gasteiger charge is -2.17. The van der Waals surface area contributed by atoms with Crippen molar-refractivity contribution in [2.75, 3.05) is 49.7 Å². The Morgan fingerprint density at radius 3 is 2.71 bits per heavy atom. The fraction of sp³-hybridized carbons (Fsp3) is 0.296. The Hall–Kier alpha value is -4.39. The van der Waals surface area contributed by atoms with Crippen LogP contribution in [-0.2, 0) is 22.7 Å². The van der Waals surface area contributed by atoms with Crippen molar-refractivity contribution in [2.45, 2.75) is 24.0 Å². The van der Waals surface area contributed by atoms with Gasteiger partial charge in [0.1, 0.15) is 5.82 Å². The molecule has 11 nitrogen and oxygen atoms in total. The molecule has 3 aromatic rings. The molecule has 222 valence electrons. The van der Waals surface area contributed by atoms with Gasteiger partial charge in [-0.25, -0.2) is 22.9 Å². The van der Waals surface area contributed by atoms with E-state index in [1.54, 1.807) is 31.1 Å². The van der Waals surface area contributed by atoms with Gasteiger partial charge in [0.15, 0.2) is 0 Å². The van der Waals surface area contributed by atoms with Crippen molar-refractivity contribution in [3.05, 3.63) is 65.4 Å². The maximum absolute atomic E-state index is 13.5. The lowest BCUT2D eigenvalue weighted by molar-refractivity contribution is -0.138. The van der Waals surface area contributed by atoms with Crippen LogP contribution in [0, 0.1) is 11.8 Å². The Labute approximate surface area is 241 Å². The third-order valence-corrected chi connectivity index (χ3v) is 7.31. The standard InChI is InChI=1S/C27H29F3N8O3S/c1-38(2)17-19-9-10-21(15-23(19)27(28,29)30)36-26(39)32-11-4-6-18-16-33-25-35-20-7-3-8-22(14-20)42(40,41)34-13-5-12-31-24(18)37-25/h3,7-10,14-16,34H,5,11-13,17H2,1-2H3,(H2,32,36,39)(H2,31,33,35,37). The zero-order valence-corrected chi connectivity index (χ0v) is 23.6. The summed E-state index contributed by atoms with van der Waals surface area (Å²) in [6.45, 7) is 0.581. The summed E-state index contributed by atoms with van der Waals surface area (Å²) in [6.07, 6.45) is -2.62. The summed E-state index contributed by atoms with van der Waals surface area (Å²) in [6, 6.07) is 9.18. The second-order valence-electron chi connectivity index (χ2n) is 9.50. The number of amides is 2. The first kappa shape index (κ1) is 30.6. The highest BCUT2D eigenvalue weighted by Gasteiger charge is 2.33. The van der Waals surface area contributed by atoms with Gasteiger partial charge in [0, 0.05) is 31.0 Å². The molecule has 0 saturated carbocycles. The van der Waals surface area contributed by atoms with E-state index in [0.29, 0.717) is 30.0 Å². The van der Waals surface area contributed by atoms with E-state index in [0.717, 1.165) is 6.07 Å². The van der Waals surface area contributed by atoms with E-state index in [9.17, 15) is 26.4 Å². The van der Waals surface area contributed by atoms with Crippen LogP contribution >= 0.6 is 0 Å². The maximum atomic E-state index is 13.5. The SMILES string of the molecule is CN(C)Cc1ccc(NC(=O)NCC#Cc2cnc3nc2NCCCNS(=O)(=O)c2cccc(c2)N3)cc1C(F)(F)F. The van der Waals surface area contributed by atoms with E-state index in [1.165, 1.54) is 30.5 Å². The summed E-state index contributed by atoms with van der Waals surface area (Å²) in [4.78, 5) is 22.7. The molecule has 15 heteroatoms. The molecule has 2 aromatic carbocycles. The fourth-order valence-electron chi connectivity index (χ4n) is 3.96. The molecule has 1 aromatic heterocycles. The number of hydrogen-bond acceptors (Lipinski definition) is 8. The van der Waals surface area contributed by atoms with Crippen LogP contribution in [0.2, 0.25) is 0 Å². The third-order valence-electron chi connectivity index (χ3n) is 5.85. The average Bonchev–Trinajstić information content (AvgIpc) is 2.92. The van der Waals surface area contributed by atoms with Gasteiger partial charge in [-0.2, -0.15) is 18.2 Å². The minimum Gasteiger partial charge on any atom is -0.369 e. The molecular weight excluding hydrogens is 573 g/mol. The number of anilines is 4. The van der Waals surface area contributed by atoms with Gasteiger partial charge in [0.25, 0.3) is 0 Å². The largest absolute Gasteiger partial charge is 0.416 e. The predicted octanol–water partition coefficient (Wildman–Crippen LogP) is 3.57. The molecule has 1 aliphatic rings. The molecule has 2 amide bonds. The molecule has 0 spiro atoms. The predicted molar refractivity (Wildman–Crippen MR) is 153 cm³/mol. The Bertz CT molecular complexity index is 1620. The normalized spacial score (nSPS) is 14.5. The first-order chi connectivity index (χ1) is 19.9. The highest BCUT2D eigenvalue weighted by molar-refractivity contribution is 7.89. The van der Waals surface area contributed by atoms with Gasteiger partial charge in [0.2, 0.25) is 16.0 Å².